The number of hydrogen-bond acceptors (Lipinski definition) is 3. The summed E-state index contributed by atoms with van der Waals surface area (Å²) in [7, 11) is 1.43. The molecule has 0 radical (unpaired) electrons. The van der Waals surface area contributed by atoms with E-state index in [1.54, 1.807) is 0 Å². The van der Waals surface area contributed by atoms with E-state index in [1.165, 1.54) is 7.11 Å². The average molecular weight is 260 g/mol. The monoisotopic (exact) mass is 260 g/mol. The van der Waals surface area contributed by atoms with Gasteiger partial charge in [0.25, 0.3) is 0 Å². The Hall–Kier alpha value is -1.61. The van der Waals surface area contributed by atoms with E-state index >= 15 is 0 Å². The molecule has 3 nitrogen and oxygen atoms in total. The van der Waals surface area contributed by atoms with Crippen molar-refractivity contribution in [1.82, 2.24) is 0 Å². The van der Waals surface area contributed by atoms with Crippen molar-refractivity contribution in [1.29, 1.82) is 0 Å². The minimum absolute atomic E-state index is 0.104. The van der Waals surface area contributed by atoms with E-state index in [0.29, 0.717) is 6.61 Å². The number of carbonyl (C=O) groups is 1. The second-order valence-electron chi connectivity index (χ2n) is 4.92. The topological polar surface area (TPSA) is 35.5 Å². The smallest absolute Gasteiger partial charge is 0.309 e. The van der Waals surface area contributed by atoms with Crippen LogP contribution in [0.3, 0.4) is 0 Å². The molecule has 1 aromatic carbocycles. The highest BCUT2D eigenvalue weighted by Gasteiger charge is 2.38. The summed E-state index contributed by atoms with van der Waals surface area (Å²) < 4.78 is 10.7. The SMILES string of the molecule is C=C[C@@H]1C[C@H](OCc2ccccc2)C[C@H]1C(=O)OC. The Bertz CT molecular complexity index is 427. The van der Waals surface area contributed by atoms with Crippen molar-refractivity contribution in [3.8, 4) is 0 Å². The van der Waals surface area contributed by atoms with Crippen LogP contribution in [0.1, 0.15) is 18.4 Å². The third-order valence-corrected chi connectivity index (χ3v) is 3.70. The van der Waals surface area contributed by atoms with Crippen LogP contribution in [-0.2, 0) is 20.9 Å². The second-order valence-corrected chi connectivity index (χ2v) is 4.92. The van der Waals surface area contributed by atoms with Gasteiger partial charge in [0.1, 0.15) is 0 Å². The maximum Gasteiger partial charge on any atom is 0.309 e. The molecule has 0 bridgehead atoms. The summed E-state index contributed by atoms with van der Waals surface area (Å²) in [6, 6.07) is 10.1. The van der Waals surface area contributed by atoms with E-state index in [2.05, 4.69) is 6.58 Å². The molecule has 1 aliphatic rings. The Kier molecular flexibility index (Phi) is 4.74. The largest absolute Gasteiger partial charge is 0.469 e. The molecule has 0 aliphatic heterocycles. The van der Waals surface area contributed by atoms with Crippen LogP contribution in [0.4, 0.5) is 0 Å². The van der Waals surface area contributed by atoms with Gasteiger partial charge in [0.15, 0.2) is 0 Å². The van der Waals surface area contributed by atoms with Crippen LogP contribution in [0.15, 0.2) is 43.0 Å². The van der Waals surface area contributed by atoms with Crippen molar-refractivity contribution in [2.75, 3.05) is 7.11 Å². The number of allylic oxidation sites excluding steroid dienone is 1. The second kappa shape index (κ2) is 6.53. The summed E-state index contributed by atoms with van der Waals surface area (Å²) in [5, 5.41) is 0. The van der Waals surface area contributed by atoms with Crippen molar-refractivity contribution in [3.05, 3.63) is 48.6 Å². The summed E-state index contributed by atoms with van der Waals surface area (Å²) in [5.41, 5.74) is 1.15. The molecule has 0 heterocycles. The Labute approximate surface area is 114 Å². The molecule has 1 aromatic rings. The fourth-order valence-electron chi connectivity index (χ4n) is 2.63. The molecule has 1 fully saturated rings. The lowest BCUT2D eigenvalue weighted by molar-refractivity contribution is -0.146. The van der Waals surface area contributed by atoms with Crippen LogP contribution in [0.5, 0.6) is 0 Å². The normalized spacial score (nSPS) is 26.1. The van der Waals surface area contributed by atoms with Gasteiger partial charge in [0, 0.05) is 0 Å². The van der Waals surface area contributed by atoms with Crippen LogP contribution < -0.4 is 0 Å². The molecule has 0 aromatic heterocycles. The van der Waals surface area contributed by atoms with Gasteiger partial charge >= 0.3 is 5.97 Å². The van der Waals surface area contributed by atoms with Crippen LogP contribution in [0.2, 0.25) is 0 Å². The molecule has 0 unspecified atom stereocenters. The zero-order chi connectivity index (χ0) is 13.7. The van der Waals surface area contributed by atoms with E-state index in [9.17, 15) is 4.79 Å². The molecule has 102 valence electrons. The maximum atomic E-state index is 11.7. The third kappa shape index (κ3) is 3.44. The number of methoxy groups -OCH3 is 1. The van der Waals surface area contributed by atoms with Gasteiger partial charge in [0.05, 0.1) is 25.7 Å². The highest BCUT2D eigenvalue weighted by Crippen LogP contribution is 2.35. The van der Waals surface area contributed by atoms with Gasteiger partial charge in [-0.1, -0.05) is 36.4 Å². The lowest BCUT2D eigenvalue weighted by atomic mass is 9.97. The Morgan fingerprint density at radius 1 is 1.37 bits per heavy atom. The van der Waals surface area contributed by atoms with Gasteiger partial charge in [0.2, 0.25) is 0 Å². The standard InChI is InChI=1S/C16H20O3/c1-3-13-9-14(10-15(13)16(17)18-2)19-11-12-7-5-4-6-8-12/h3-8,13-15H,1,9-11H2,2H3/t13-,14+,15-/m1/s1. The maximum absolute atomic E-state index is 11.7. The number of esters is 1. The molecule has 0 amide bonds. The van der Waals surface area contributed by atoms with Gasteiger partial charge < -0.3 is 9.47 Å². The van der Waals surface area contributed by atoms with Gasteiger partial charge in [-0.15, -0.1) is 6.58 Å². The fraction of sp³-hybridized carbons (Fsp3) is 0.438. The first-order valence-corrected chi connectivity index (χ1v) is 6.60. The molecule has 2 rings (SSSR count). The lowest BCUT2D eigenvalue weighted by Crippen LogP contribution is -2.19. The zero-order valence-corrected chi connectivity index (χ0v) is 11.2. The number of carbonyl (C=O) groups excluding carboxylic acids is 1. The van der Waals surface area contributed by atoms with Crippen molar-refractivity contribution in [2.45, 2.75) is 25.6 Å². The van der Waals surface area contributed by atoms with Gasteiger partial charge in [-0.05, 0) is 24.3 Å². The van der Waals surface area contributed by atoms with Crippen LogP contribution in [0, 0.1) is 11.8 Å². The van der Waals surface area contributed by atoms with Crippen LogP contribution in [0.25, 0.3) is 0 Å². The van der Waals surface area contributed by atoms with Gasteiger partial charge in [-0.3, -0.25) is 4.79 Å². The Morgan fingerprint density at radius 3 is 2.74 bits per heavy atom. The third-order valence-electron chi connectivity index (χ3n) is 3.70. The molecule has 1 saturated carbocycles. The predicted octanol–water partition coefficient (Wildman–Crippen LogP) is 2.96. The Morgan fingerprint density at radius 2 is 2.11 bits per heavy atom. The lowest BCUT2D eigenvalue weighted by Gasteiger charge is -2.12. The first-order chi connectivity index (χ1) is 9.24. The van der Waals surface area contributed by atoms with Crippen LogP contribution in [-0.4, -0.2) is 19.2 Å². The molecule has 0 N–H and O–H groups in total. The molecule has 1 aliphatic carbocycles. The molecule has 0 saturated heterocycles. The van der Waals surface area contributed by atoms with Crippen LogP contribution >= 0.6 is 0 Å². The molecular formula is C16H20O3. The summed E-state index contributed by atoms with van der Waals surface area (Å²) in [5.74, 6) is -0.104. The number of rotatable bonds is 5. The average Bonchev–Trinajstić information content (AvgIpc) is 2.88. The predicted molar refractivity (Wildman–Crippen MR) is 73.4 cm³/mol. The van der Waals surface area contributed by atoms with Gasteiger partial charge in [-0.2, -0.15) is 0 Å². The highest BCUT2D eigenvalue weighted by atomic mass is 16.5. The van der Waals surface area contributed by atoms with Crippen molar-refractivity contribution < 1.29 is 14.3 Å². The first-order valence-electron chi connectivity index (χ1n) is 6.60. The van der Waals surface area contributed by atoms with Crippen molar-refractivity contribution >= 4 is 5.97 Å². The quantitative estimate of drug-likeness (QED) is 0.603. The fourth-order valence-corrected chi connectivity index (χ4v) is 2.63. The highest BCUT2D eigenvalue weighted by molar-refractivity contribution is 5.73. The summed E-state index contributed by atoms with van der Waals surface area (Å²) in [6.45, 7) is 4.39. The molecule has 19 heavy (non-hydrogen) atoms. The summed E-state index contributed by atoms with van der Waals surface area (Å²) in [6.07, 6.45) is 3.51. The van der Waals surface area contributed by atoms with E-state index in [1.807, 2.05) is 36.4 Å². The number of ether oxygens (including phenoxy) is 2. The molecule has 3 atom stereocenters. The minimum Gasteiger partial charge on any atom is -0.469 e. The van der Waals surface area contributed by atoms with Gasteiger partial charge in [-0.25, -0.2) is 0 Å². The zero-order valence-electron chi connectivity index (χ0n) is 11.2. The Balaban J connectivity index is 1.89. The minimum atomic E-state index is -0.157. The number of benzene rings is 1. The first kappa shape index (κ1) is 13.8. The van der Waals surface area contributed by atoms with E-state index in [4.69, 9.17) is 9.47 Å². The van der Waals surface area contributed by atoms with E-state index in [0.717, 1.165) is 18.4 Å². The van der Waals surface area contributed by atoms with E-state index in [-0.39, 0.29) is 23.9 Å². The van der Waals surface area contributed by atoms with Crippen molar-refractivity contribution in [2.24, 2.45) is 11.8 Å². The molecular weight excluding hydrogens is 240 g/mol. The van der Waals surface area contributed by atoms with Crippen molar-refractivity contribution in [3.63, 3.8) is 0 Å². The summed E-state index contributed by atoms with van der Waals surface area (Å²) in [4.78, 5) is 11.7. The summed E-state index contributed by atoms with van der Waals surface area (Å²) >= 11 is 0. The number of hydrogen-bond donors (Lipinski definition) is 0. The molecule has 0 spiro atoms. The van der Waals surface area contributed by atoms with E-state index < -0.39 is 0 Å². The molecule has 3 heteroatoms.